The van der Waals surface area contributed by atoms with Gasteiger partial charge >= 0.3 is 0 Å². The summed E-state index contributed by atoms with van der Waals surface area (Å²) in [5.41, 5.74) is 6.34. The number of hydrogen-bond donors (Lipinski definition) is 2. The smallest absolute Gasteiger partial charge is 0.242 e. The summed E-state index contributed by atoms with van der Waals surface area (Å²) in [5.74, 6) is 0.470. The average Bonchev–Trinajstić information content (AvgIpc) is 2.98. The van der Waals surface area contributed by atoms with Crippen molar-refractivity contribution in [3.8, 4) is 0 Å². The molecule has 3 N–H and O–H groups in total. The number of ether oxygens (including phenoxy) is 1. The molecule has 0 aromatic carbocycles. The van der Waals surface area contributed by atoms with Crippen molar-refractivity contribution in [2.24, 2.45) is 18.7 Å². The van der Waals surface area contributed by atoms with Crippen molar-refractivity contribution in [3.05, 3.63) is 18.0 Å². The zero-order valence-corrected chi connectivity index (χ0v) is 11.9. The van der Waals surface area contributed by atoms with Gasteiger partial charge in [-0.15, -0.1) is 0 Å². The van der Waals surface area contributed by atoms with Crippen LogP contribution in [-0.2, 0) is 28.4 Å². The van der Waals surface area contributed by atoms with Crippen molar-refractivity contribution >= 4 is 10.0 Å². The zero-order chi connectivity index (χ0) is 13.9. The van der Waals surface area contributed by atoms with Crippen LogP contribution in [0.25, 0.3) is 0 Å². The summed E-state index contributed by atoms with van der Waals surface area (Å²) in [4.78, 5) is 0.276. The second-order valence-corrected chi connectivity index (χ2v) is 6.67. The van der Waals surface area contributed by atoms with Gasteiger partial charge in [-0.05, 0) is 24.8 Å². The minimum atomic E-state index is -3.43. The molecule has 6 nitrogen and oxygen atoms in total. The lowest BCUT2D eigenvalue weighted by molar-refractivity contribution is 0.184. The molecule has 1 saturated heterocycles. The Morgan fingerprint density at radius 1 is 1.58 bits per heavy atom. The molecule has 1 aromatic heterocycles. The van der Waals surface area contributed by atoms with Gasteiger partial charge in [-0.1, -0.05) is 0 Å². The van der Waals surface area contributed by atoms with Crippen LogP contribution in [0.15, 0.2) is 17.2 Å². The molecule has 1 fully saturated rings. The van der Waals surface area contributed by atoms with Crippen LogP contribution in [0.5, 0.6) is 0 Å². The SMILES string of the molecule is Cn1cc(S(=O)(=O)NCCC2CCOC2)cc1CN. The minimum absolute atomic E-state index is 0.276. The molecule has 0 amide bonds. The van der Waals surface area contributed by atoms with Gasteiger partial charge < -0.3 is 15.0 Å². The van der Waals surface area contributed by atoms with Gasteiger partial charge in [-0.2, -0.15) is 0 Å². The summed E-state index contributed by atoms with van der Waals surface area (Å²) >= 11 is 0. The summed E-state index contributed by atoms with van der Waals surface area (Å²) in [6.45, 7) is 2.30. The molecular formula is C12H21N3O3S. The Morgan fingerprint density at radius 2 is 2.37 bits per heavy atom. The Hall–Kier alpha value is -0.890. The van der Waals surface area contributed by atoms with Crippen molar-refractivity contribution in [2.75, 3.05) is 19.8 Å². The van der Waals surface area contributed by atoms with Crippen molar-refractivity contribution in [1.29, 1.82) is 0 Å². The molecule has 108 valence electrons. The number of rotatable bonds is 6. The minimum Gasteiger partial charge on any atom is -0.381 e. The van der Waals surface area contributed by atoms with Gasteiger partial charge in [0.1, 0.15) is 0 Å². The maximum absolute atomic E-state index is 12.1. The van der Waals surface area contributed by atoms with Gasteiger partial charge in [-0.3, -0.25) is 0 Å². The third-order valence-corrected chi connectivity index (χ3v) is 4.90. The van der Waals surface area contributed by atoms with Crippen LogP contribution in [0.4, 0.5) is 0 Å². The van der Waals surface area contributed by atoms with E-state index in [9.17, 15) is 8.42 Å². The van der Waals surface area contributed by atoms with E-state index in [2.05, 4.69) is 4.72 Å². The highest BCUT2D eigenvalue weighted by atomic mass is 32.2. The number of nitrogens with one attached hydrogen (secondary N) is 1. The fourth-order valence-electron chi connectivity index (χ4n) is 2.22. The number of aryl methyl sites for hydroxylation is 1. The number of nitrogens with zero attached hydrogens (tertiary/aromatic N) is 1. The Balaban J connectivity index is 1.93. The van der Waals surface area contributed by atoms with E-state index >= 15 is 0 Å². The first-order chi connectivity index (χ1) is 9.03. The lowest BCUT2D eigenvalue weighted by atomic mass is 10.1. The highest BCUT2D eigenvalue weighted by molar-refractivity contribution is 7.89. The molecule has 1 aromatic rings. The predicted octanol–water partition coefficient (Wildman–Crippen LogP) is 0.189. The lowest BCUT2D eigenvalue weighted by Gasteiger charge is -2.08. The van der Waals surface area contributed by atoms with E-state index in [0.717, 1.165) is 31.7 Å². The number of sulfonamides is 1. The first-order valence-corrected chi connectivity index (χ1v) is 7.94. The van der Waals surface area contributed by atoms with E-state index in [4.69, 9.17) is 10.5 Å². The summed E-state index contributed by atoms with van der Waals surface area (Å²) < 4.78 is 33.8. The normalized spacial score (nSPS) is 20.0. The summed E-state index contributed by atoms with van der Waals surface area (Å²) in [5, 5.41) is 0. The van der Waals surface area contributed by atoms with Crippen molar-refractivity contribution in [2.45, 2.75) is 24.3 Å². The first kappa shape index (κ1) is 14.5. The Morgan fingerprint density at radius 3 is 2.95 bits per heavy atom. The molecule has 1 atom stereocenters. The topological polar surface area (TPSA) is 86.3 Å². The number of hydrogen-bond acceptors (Lipinski definition) is 4. The van der Waals surface area contributed by atoms with Crippen molar-refractivity contribution in [1.82, 2.24) is 9.29 Å². The maximum atomic E-state index is 12.1. The Bertz CT molecular complexity index is 518. The van der Waals surface area contributed by atoms with Gasteiger partial charge in [-0.25, -0.2) is 13.1 Å². The largest absolute Gasteiger partial charge is 0.381 e. The van der Waals surface area contributed by atoms with Gasteiger partial charge in [0, 0.05) is 45.2 Å². The highest BCUT2D eigenvalue weighted by Gasteiger charge is 2.19. The first-order valence-electron chi connectivity index (χ1n) is 6.45. The molecule has 0 spiro atoms. The molecule has 7 heteroatoms. The fraction of sp³-hybridized carbons (Fsp3) is 0.667. The van der Waals surface area contributed by atoms with Crippen molar-refractivity contribution in [3.63, 3.8) is 0 Å². The van der Waals surface area contributed by atoms with Gasteiger partial charge in [0.05, 0.1) is 4.90 Å². The molecule has 0 bridgehead atoms. The van der Waals surface area contributed by atoms with Gasteiger partial charge in [0.25, 0.3) is 0 Å². The molecule has 2 heterocycles. The van der Waals surface area contributed by atoms with Gasteiger partial charge in [0.15, 0.2) is 0 Å². The summed E-state index contributed by atoms with van der Waals surface area (Å²) in [7, 11) is -1.64. The van der Waals surface area contributed by atoms with E-state index in [0.29, 0.717) is 19.0 Å². The van der Waals surface area contributed by atoms with E-state index in [1.807, 2.05) is 0 Å². The molecule has 1 aliphatic rings. The number of aromatic nitrogens is 1. The van der Waals surface area contributed by atoms with Crippen LogP contribution in [0.1, 0.15) is 18.5 Å². The monoisotopic (exact) mass is 287 g/mol. The maximum Gasteiger partial charge on any atom is 0.242 e. The van der Waals surface area contributed by atoms with Gasteiger partial charge in [0.2, 0.25) is 10.0 Å². The quantitative estimate of drug-likeness (QED) is 0.782. The van der Waals surface area contributed by atoms with E-state index in [1.54, 1.807) is 23.9 Å². The second kappa shape index (κ2) is 6.04. The van der Waals surface area contributed by atoms with E-state index < -0.39 is 10.0 Å². The molecular weight excluding hydrogens is 266 g/mol. The van der Waals surface area contributed by atoms with Crippen molar-refractivity contribution < 1.29 is 13.2 Å². The fourth-order valence-corrected chi connectivity index (χ4v) is 3.36. The third-order valence-electron chi connectivity index (χ3n) is 3.47. The van der Waals surface area contributed by atoms with Crippen LogP contribution in [-0.4, -0.2) is 32.7 Å². The van der Waals surface area contributed by atoms with Crippen LogP contribution >= 0.6 is 0 Å². The Kier molecular flexibility index (Phi) is 4.62. The Labute approximate surface area is 114 Å². The molecule has 1 unspecified atom stereocenters. The summed E-state index contributed by atoms with van der Waals surface area (Å²) in [6.07, 6.45) is 3.42. The standard InChI is InChI=1S/C12H21N3O3S/c1-15-8-12(6-11(15)7-13)19(16,17)14-4-2-10-3-5-18-9-10/h6,8,10,14H,2-5,7,9,13H2,1H3. The molecule has 2 rings (SSSR count). The predicted molar refractivity (Wildman–Crippen MR) is 72.0 cm³/mol. The highest BCUT2D eigenvalue weighted by Crippen LogP contribution is 2.17. The molecule has 0 aliphatic carbocycles. The molecule has 0 radical (unpaired) electrons. The van der Waals surface area contributed by atoms with Crippen LogP contribution < -0.4 is 10.5 Å². The van der Waals surface area contributed by atoms with E-state index in [-0.39, 0.29) is 4.90 Å². The lowest BCUT2D eigenvalue weighted by Crippen LogP contribution is -2.26. The molecule has 0 saturated carbocycles. The average molecular weight is 287 g/mol. The van der Waals surface area contributed by atoms with Crippen LogP contribution in [0.2, 0.25) is 0 Å². The summed E-state index contributed by atoms with van der Waals surface area (Å²) in [6, 6.07) is 1.61. The molecule has 19 heavy (non-hydrogen) atoms. The molecule has 1 aliphatic heterocycles. The van der Waals surface area contributed by atoms with Crippen LogP contribution in [0, 0.1) is 5.92 Å². The zero-order valence-electron chi connectivity index (χ0n) is 11.1. The second-order valence-electron chi connectivity index (χ2n) is 4.90. The third kappa shape index (κ3) is 3.56. The number of nitrogens with two attached hydrogens (primary N) is 1. The van der Waals surface area contributed by atoms with E-state index in [1.165, 1.54) is 0 Å². The van der Waals surface area contributed by atoms with Crippen LogP contribution in [0.3, 0.4) is 0 Å².